The van der Waals surface area contributed by atoms with Gasteiger partial charge < -0.3 is 30.2 Å². The third kappa shape index (κ3) is 6.68. The molecule has 0 aliphatic rings. The number of aromatic hydroxyl groups is 1. The maximum Gasteiger partial charge on any atom is 0.240 e. The number of rotatable bonds is 12. The van der Waals surface area contributed by atoms with Crippen LogP contribution in [-0.4, -0.2) is 35.7 Å². The van der Waals surface area contributed by atoms with E-state index >= 15 is 0 Å². The van der Waals surface area contributed by atoms with Crippen LogP contribution < -0.4 is 16.0 Å². The van der Waals surface area contributed by atoms with Crippen LogP contribution in [0.15, 0.2) is 91.0 Å². The summed E-state index contributed by atoms with van der Waals surface area (Å²) in [5, 5.41) is 20.5. The Balaban J connectivity index is 1.19. The number of anilines is 2. The first-order valence-electron chi connectivity index (χ1n) is 15.8. The van der Waals surface area contributed by atoms with E-state index in [1.807, 2.05) is 86.0 Å². The first-order valence-corrected chi connectivity index (χ1v) is 15.8. The third-order valence-electron chi connectivity index (χ3n) is 8.21. The van der Waals surface area contributed by atoms with Crippen LogP contribution in [-0.2, 0) is 37.4 Å². The highest BCUT2D eigenvalue weighted by Gasteiger charge is 2.25. The van der Waals surface area contributed by atoms with Gasteiger partial charge in [-0.15, -0.1) is 0 Å². The van der Waals surface area contributed by atoms with Gasteiger partial charge in [-0.25, -0.2) is 9.97 Å². The Kier molecular flexibility index (Phi) is 8.66. The van der Waals surface area contributed by atoms with Crippen LogP contribution in [0, 0.1) is 6.92 Å². The number of imidazole rings is 2. The third-order valence-corrected chi connectivity index (χ3v) is 8.21. The van der Waals surface area contributed by atoms with Crippen LogP contribution in [0.2, 0.25) is 0 Å². The predicted octanol–water partition coefficient (Wildman–Crippen LogP) is 6.78. The second-order valence-corrected chi connectivity index (χ2v) is 12.4. The average molecular weight is 616 g/mol. The molecule has 0 saturated heterocycles. The Bertz CT molecular complexity index is 1990. The molecule has 236 valence electrons. The van der Waals surface area contributed by atoms with Crippen LogP contribution in [0.1, 0.15) is 43.0 Å². The number of aryl methyl sites for hydroxylation is 2. The Morgan fingerprint density at radius 3 is 2.33 bits per heavy atom. The van der Waals surface area contributed by atoms with Gasteiger partial charge in [-0.1, -0.05) is 72.3 Å². The molecule has 46 heavy (non-hydrogen) atoms. The van der Waals surface area contributed by atoms with Gasteiger partial charge in [-0.05, 0) is 69.5 Å². The molecule has 6 aromatic rings. The zero-order valence-corrected chi connectivity index (χ0v) is 26.8. The molecule has 4 N–H and O–H groups in total. The summed E-state index contributed by atoms with van der Waals surface area (Å²) in [6.45, 7) is 10.1. The molecule has 4 aromatic carbocycles. The van der Waals surface area contributed by atoms with Gasteiger partial charge in [0.1, 0.15) is 12.3 Å². The van der Waals surface area contributed by atoms with Crippen molar-refractivity contribution in [3.8, 4) is 5.75 Å². The molecule has 9 heteroatoms. The lowest BCUT2D eigenvalue weighted by Gasteiger charge is -2.27. The molecular weight excluding hydrogens is 574 g/mol. The van der Waals surface area contributed by atoms with E-state index in [9.17, 15) is 9.90 Å². The fourth-order valence-corrected chi connectivity index (χ4v) is 6.06. The fourth-order valence-electron chi connectivity index (χ4n) is 6.06. The summed E-state index contributed by atoms with van der Waals surface area (Å²) in [5.74, 6) is 1.57. The summed E-state index contributed by atoms with van der Waals surface area (Å²) in [4.78, 5) is 23.4. The molecule has 0 aliphatic carbocycles. The van der Waals surface area contributed by atoms with Crippen molar-refractivity contribution in [3.05, 3.63) is 113 Å². The van der Waals surface area contributed by atoms with E-state index in [4.69, 9.17) is 9.97 Å². The number of para-hydroxylation sites is 3. The standard InChI is InChI=1S/C37H41N7O2/c1-5-43-31-17-11-14-27(34(31)41-36(43)39-23-28-20-25(2)18-19-32(28)45)21-37(3,4)42-33(46)24-44-30-16-10-9-15-29(30)40-35(44)38-22-26-12-7-6-8-13-26/h6-20,45H,5,21-24H2,1-4H3,(H,38,40)(H,39,41)(H,42,46). The van der Waals surface area contributed by atoms with Gasteiger partial charge in [0.25, 0.3) is 0 Å². The van der Waals surface area contributed by atoms with E-state index in [0.717, 1.165) is 56.8 Å². The first-order chi connectivity index (χ1) is 22.2. The van der Waals surface area contributed by atoms with Crippen LogP contribution in [0.4, 0.5) is 11.9 Å². The van der Waals surface area contributed by atoms with E-state index < -0.39 is 5.54 Å². The molecule has 0 aliphatic heterocycles. The lowest BCUT2D eigenvalue weighted by molar-refractivity contribution is -0.123. The van der Waals surface area contributed by atoms with E-state index in [-0.39, 0.29) is 18.2 Å². The topological polar surface area (TPSA) is 109 Å². The number of nitrogens with zero attached hydrogens (tertiary/aromatic N) is 4. The van der Waals surface area contributed by atoms with Crippen molar-refractivity contribution in [2.45, 2.75) is 65.8 Å². The van der Waals surface area contributed by atoms with E-state index in [2.05, 4.69) is 51.7 Å². The highest BCUT2D eigenvalue weighted by atomic mass is 16.3. The number of phenols is 1. The van der Waals surface area contributed by atoms with Crippen molar-refractivity contribution in [2.75, 3.05) is 10.6 Å². The number of benzene rings is 4. The fraction of sp³-hybridized carbons (Fsp3) is 0.270. The van der Waals surface area contributed by atoms with Gasteiger partial charge in [0.05, 0.1) is 22.1 Å². The van der Waals surface area contributed by atoms with Crippen molar-refractivity contribution in [1.82, 2.24) is 24.4 Å². The average Bonchev–Trinajstić information content (AvgIpc) is 3.58. The number of fused-ring (bicyclic) bond motifs is 2. The largest absolute Gasteiger partial charge is 0.508 e. The Labute approximate surface area is 269 Å². The number of aromatic nitrogens is 4. The minimum atomic E-state index is -0.545. The zero-order chi connectivity index (χ0) is 32.3. The highest BCUT2D eigenvalue weighted by Crippen LogP contribution is 2.28. The molecule has 1 amide bonds. The molecule has 0 spiro atoms. The van der Waals surface area contributed by atoms with E-state index in [0.29, 0.717) is 25.5 Å². The van der Waals surface area contributed by atoms with Gasteiger partial charge >= 0.3 is 0 Å². The molecule has 0 saturated carbocycles. The number of phenolic OH excluding ortho intramolecular Hbond substituents is 1. The molecule has 0 bridgehead atoms. The number of hydrogen-bond donors (Lipinski definition) is 4. The van der Waals surface area contributed by atoms with E-state index in [1.165, 1.54) is 0 Å². The van der Waals surface area contributed by atoms with Crippen molar-refractivity contribution >= 4 is 39.9 Å². The molecule has 2 aromatic heterocycles. The Morgan fingerprint density at radius 1 is 0.804 bits per heavy atom. The summed E-state index contributed by atoms with van der Waals surface area (Å²) in [6.07, 6.45) is 0.596. The van der Waals surface area contributed by atoms with E-state index in [1.54, 1.807) is 6.07 Å². The van der Waals surface area contributed by atoms with Crippen molar-refractivity contribution in [1.29, 1.82) is 0 Å². The first kappa shape index (κ1) is 30.7. The minimum Gasteiger partial charge on any atom is -0.508 e. The quantitative estimate of drug-likeness (QED) is 0.121. The number of hydrogen-bond acceptors (Lipinski definition) is 6. The van der Waals surface area contributed by atoms with Gasteiger partial charge in [0.15, 0.2) is 0 Å². The van der Waals surface area contributed by atoms with Crippen molar-refractivity contribution in [3.63, 3.8) is 0 Å². The monoisotopic (exact) mass is 615 g/mol. The Hall–Kier alpha value is -5.31. The summed E-state index contributed by atoms with van der Waals surface area (Å²) in [7, 11) is 0. The second-order valence-electron chi connectivity index (χ2n) is 12.4. The smallest absolute Gasteiger partial charge is 0.240 e. The maximum absolute atomic E-state index is 13.6. The second kappa shape index (κ2) is 13.0. The van der Waals surface area contributed by atoms with Crippen LogP contribution in [0.5, 0.6) is 5.75 Å². The van der Waals surface area contributed by atoms with Crippen LogP contribution >= 0.6 is 0 Å². The maximum atomic E-state index is 13.6. The van der Waals surface area contributed by atoms with Crippen LogP contribution in [0.25, 0.3) is 22.1 Å². The van der Waals surface area contributed by atoms with Gasteiger partial charge in [0.2, 0.25) is 17.8 Å². The highest BCUT2D eigenvalue weighted by molar-refractivity contribution is 5.84. The minimum absolute atomic E-state index is 0.0949. The lowest BCUT2D eigenvalue weighted by Crippen LogP contribution is -2.46. The molecule has 0 atom stereocenters. The SMILES string of the molecule is CCn1c(NCc2cc(C)ccc2O)nc2c(CC(C)(C)NC(=O)Cn3c(NCc4ccccc4)nc4ccccc43)cccc21. The summed E-state index contributed by atoms with van der Waals surface area (Å²) in [5.41, 5.74) is 7.22. The molecular formula is C37H41N7O2. The molecule has 0 fully saturated rings. The molecule has 2 heterocycles. The predicted molar refractivity (Wildman–Crippen MR) is 185 cm³/mol. The molecule has 0 unspecified atom stereocenters. The normalized spacial score (nSPS) is 11.7. The summed E-state index contributed by atoms with van der Waals surface area (Å²) >= 11 is 0. The number of amides is 1. The van der Waals surface area contributed by atoms with Gasteiger partial charge in [-0.3, -0.25) is 4.79 Å². The Morgan fingerprint density at radius 2 is 1.52 bits per heavy atom. The number of carbonyl (C=O) groups excluding carboxylic acids is 1. The zero-order valence-electron chi connectivity index (χ0n) is 26.8. The van der Waals surface area contributed by atoms with Crippen molar-refractivity contribution < 1.29 is 9.90 Å². The lowest BCUT2D eigenvalue weighted by atomic mass is 9.94. The molecule has 6 rings (SSSR count). The number of nitrogens with one attached hydrogen (secondary N) is 3. The van der Waals surface area contributed by atoms with Gasteiger partial charge in [-0.2, -0.15) is 0 Å². The summed E-state index contributed by atoms with van der Waals surface area (Å²) in [6, 6.07) is 29.8. The molecule has 0 radical (unpaired) electrons. The summed E-state index contributed by atoms with van der Waals surface area (Å²) < 4.78 is 4.09. The number of carbonyl (C=O) groups is 1. The van der Waals surface area contributed by atoms with Crippen LogP contribution in [0.3, 0.4) is 0 Å². The molecule has 9 nitrogen and oxygen atoms in total. The van der Waals surface area contributed by atoms with Crippen molar-refractivity contribution in [2.24, 2.45) is 0 Å². The van der Waals surface area contributed by atoms with Gasteiger partial charge in [0, 0.05) is 30.7 Å².